The van der Waals surface area contributed by atoms with Crippen LogP contribution in [0.15, 0.2) is 29.3 Å². The van der Waals surface area contributed by atoms with E-state index in [2.05, 4.69) is 46.8 Å². The average molecular weight is 458 g/mol. The molecule has 1 fully saturated rings. The summed E-state index contributed by atoms with van der Waals surface area (Å²) in [4.78, 5) is 18.6. The van der Waals surface area contributed by atoms with Gasteiger partial charge < -0.3 is 15.5 Å². The third-order valence-corrected chi connectivity index (χ3v) is 4.82. The molecule has 1 aliphatic carbocycles. The Hall–Kier alpha value is -1.31. The van der Waals surface area contributed by atoms with Crippen molar-refractivity contribution < 1.29 is 4.79 Å². The highest BCUT2D eigenvalue weighted by Gasteiger charge is 2.42. The Labute approximate surface area is 168 Å². The van der Waals surface area contributed by atoms with E-state index in [1.165, 1.54) is 11.1 Å². The summed E-state index contributed by atoms with van der Waals surface area (Å²) in [5, 5.41) is 6.69. The van der Waals surface area contributed by atoms with Crippen molar-refractivity contribution in [2.75, 3.05) is 27.7 Å². The number of hydrogen-bond acceptors (Lipinski definition) is 2. The number of carbonyl (C=O) groups is 1. The van der Waals surface area contributed by atoms with Crippen molar-refractivity contribution in [1.82, 2.24) is 15.5 Å². The molecule has 1 amide bonds. The molecule has 140 valence electrons. The second kappa shape index (κ2) is 9.99. The fourth-order valence-electron chi connectivity index (χ4n) is 3.36. The van der Waals surface area contributed by atoms with Gasteiger partial charge in [-0.05, 0) is 25.3 Å². The predicted octanol–water partition coefficient (Wildman–Crippen LogP) is 2.93. The molecule has 2 rings (SSSR count). The first-order valence-corrected chi connectivity index (χ1v) is 8.69. The van der Waals surface area contributed by atoms with Gasteiger partial charge >= 0.3 is 0 Å². The second-order valence-corrected chi connectivity index (χ2v) is 6.95. The Kier molecular flexibility index (Phi) is 8.68. The summed E-state index contributed by atoms with van der Waals surface area (Å²) in [6.45, 7) is 3.44. The van der Waals surface area contributed by atoms with E-state index < -0.39 is 0 Å². The van der Waals surface area contributed by atoms with Crippen LogP contribution in [0.4, 0.5) is 0 Å². The first kappa shape index (κ1) is 21.7. The highest BCUT2D eigenvalue weighted by molar-refractivity contribution is 14.0. The van der Waals surface area contributed by atoms with Gasteiger partial charge in [-0.15, -0.1) is 24.0 Å². The molecule has 0 radical (unpaired) electrons. The quantitative estimate of drug-likeness (QED) is 0.406. The summed E-state index contributed by atoms with van der Waals surface area (Å²) in [5.74, 6) is 0.967. The normalized spacial score (nSPS) is 16.1. The largest absolute Gasteiger partial charge is 0.355 e. The maximum atomic E-state index is 12.6. The minimum Gasteiger partial charge on any atom is -0.355 e. The number of aryl methyl sites for hydroxylation is 1. The lowest BCUT2D eigenvalue weighted by atomic mass is 9.84. The van der Waals surface area contributed by atoms with Crippen LogP contribution in [0.1, 0.15) is 36.8 Å². The highest BCUT2D eigenvalue weighted by Crippen LogP contribution is 2.38. The zero-order valence-electron chi connectivity index (χ0n) is 15.8. The van der Waals surface area contributed by atoms with Crippen molar-refractivity contribution in [2.45, 2.75) is 39.2 Å². The fraction of sp³-hybridized carbons (Fsp3) is 0.579. The monoisotopic (exact) mass is 458 g/mol. The topological polar surface area (TPSA) is 56.7 Å². The number of hydrogen-bond donors (Lipinski definition) is 2. The maximum absolute atomic E-state index is 12.6. The number of benzene rings is 1. The summed E-state index contributed by atoms with van der Waals surface area (Å²) >= 11 is 0. The van der Waals surface area contributed by atoms with Crippen LogP contribution in [0.2, 0.25) is 0 Å². The van der Waals surface area contributed by atoms with Gasteiger partial charge in [0.05, 0.1) is 5.41 Å². The molecule has 25 heavy (non-hydrogen) atoms. The van der Waals surface area contributed by atoms with Crippen LogP contribution in [-0.4, -0.2) is 44.5 Å². The van der Waals surface area contributed by atoms with Crippen molar-refractivity contribution >= 4 is 35.8 Å². The van der Waals surface area contributed by atoms with Crippen molar-refractivity contribution in [3.8, 4) is 0 Å². The van der Waals surface area contributed by atoms with E-state index in [1.807, 2.05) is 14.1 Å². The van der Waals surface area contributed by atoms with Crippen LogP contribution in [0, 0.1) is 12.3 Å². The molecule has 0 aromatic heterocycles. The van der Waals surface area contributed by atoms with Crippen LogP contribution >= 0.6 is 24.0 Å². The Morgan fingerprint density at radius 3 is 2.28 bits per heavy atom. The average Bonchev–Trinajstić information content (AvgIpc) is 3.06. The van der Waals surface area contributed by atoms with E-state index in [0.29, 0.717) is 13.1 Å². The second-order valence-electron chi connectivity index (χ2n) is 6.95. The van der Waals surface area contributed by atoms with Crippen molar-refractivity contribution in [3.63, 3.8) is 0 Å². The number of aliphatic imine (C=N–C) groups is 1. The number of halogens is 1. The van der Waals surface area contributed by atoms with Gasteiger partial charge in [-0.25, -0.2) is 0 Å². The van der Waals surface area contributed by atoms with Gasteiger partial charge in [-0.2, -0.15) is 0 Å². The molecular weight excluding hydrogens is 427 g/mol. The molecule has 1 aromatic rings. The Morgan fingerprint density at radius 2 is 1.76 bits per heavy atom. The van der Waals surface area contributed by atoms with Gasteiger partial charge in [-0.1, -0.05) is 42.7 Å². The lowest BCUT2D eigenvalue weighted by Gasteiger charge is -2.31. The predicted molar refractivity (Wildman–Crippen MR) is 114 cm³/mol. The number of carbonyl (C=O) groups excluding carboxylic acids is 1. The van der Waals surface area contributed by atoms with Crippen LogP contribution in [0.25, 0.3) is 0 Å². The summed E-state index contributed by atoms with van der Waals surface area (Å²) in [5.41, 5.74) is 2.18. The van der Waals surface area contributed by atoms with Crippen molar-refractivity contribution in [1.29, 1.82) is 0 Å². The molecular formula is C19H31IN4O. The third-order valence-electron chi connectivity index (χ3n) is 4.82. The van der Waals surface area contributed by atoms with Crippen LogP contribution in [0.5, 0.6) is 0 Å². The first-order chi connectivity index (χ1) is 11.5. The van der Waals surface area contributed by atoms with E-state index in [1.54, 1.807) is 11.9 Å². The summed E-state index contributed by atoms with van der Waals surface area (Å²) < 4.78 is 0. The Morgan fingerprint density at radius 1 is 1.16 bits per heavy atom. The first-order valence-electron chi connectivity index (χ1n) is 8.69. The number of nitrogens with zero attached hydrogens (tertiary/aromatic N) is 2. The maximum Gasteiger partial charge on any atom is 0.230 e. The van der Waals surface area contributed by atoms with Gasteiger partial charge in [0.15, 0.2) is 5.96 Å². The molecule has 2 N–H and O–H groups in total. The summed E-state index contributed by atoms with van der Waals surface area (Å²) in [6, 6.07) is 8.44. The Balaban J connectivity index is 0.00000312. The SMILES string of the molecule is CN=C(NCc1ccc(C)cc1)NCC1(C(=O)N(C)C)CCCC1.I. The van der Waals surface area contributed by atoms with Crippen LogP contribution in [0.3, 0.4) is 0 Å². The molecule has 0 aliphatic heterocycles. The van der Waals surface area contributed by atoms with Crippen molar-refractivity contribution in [3.05, 3.63) is 35.4 Å². The fourth-order valence-corrected chi connectivity index (χ4v) is 3.36. The molecule has 0 unspecified atom stereocenters. The minimum absolute atomic E-state index is 0. The number of amides is 1. The molecule has 0 heterocycles. The molecule has 6 heteroatoms. The summed E-state index contributed by atoms with van der Waals surface area (Å²) in [7, 11) is 5.44. The number of guanidine groups is 1. The van der Waals surface area contributed by atoms with Gasteiger partial charge in [0.25, 0.3) is 0 Å². The number of nitrogens with one attached hydrogen (secondary N) is 2. The standard InChI is InChI=1S/C19H30N4O.HI/c1-15-7-9-16(10-8-15)13-21-18(20-2)22-14-19(11-5-6-12-19)17(24)23(3)4;/h7-10H,5-6,11-14H2,1-4H3,(H2,20,21,22);1H. The van der Waals surface area contributed by atoms with Crippen LogP contribution in [-0.2, 0) is 11.3 Å². The van der Waals surface area contributed by atoms with Crippen LogP contribution < -0.4 is 10.6 Å². The highest BCUT2D eigenvalue weighted by atomic mass is 127. The lowest BCUT2D eigenvalue weighted by Crippen LogP contribution is -2.49. The molecule has 0 spiro atoms. The molecule has 0 atom stereocenters. The van der Waals surface area contributed by atoms with E-state index in [4.69, 9.17) is 0 Å². The van der Waals surface area contributed by atoms with Gasteiger partial charge in [0.2, 0.25) is 5.91 Å². The molecule has 1 aromatic carbocycles. The van der Waals surface area contributed by atoms with E-state index in [0.717, 1.165) is 31.6 Å². The summed E-state index contributed by atoms with van der Waals surface area (Å²) in [6.07, 6.45) is 4.14. The smallest absolute Gasteiger partial charge is 0.230 e. The Bertz CT molecular complexity index is 578. The number of rotatable bonds is 5. The molecule has 0 saturated heterocycles. The molecule has 1 saturated carbocycles. The van der Waals surface area contributed by atoms with E-state index >= 15 is 0 Å². The zero-order chi connectivity index (χ0) is 17.6. The van der Waals surface area contributed by atoms with Crippen molar-refractivity contribution in [2.24, 2.45) is 10.4 Å². The lowest BCUT2D eigenvalue weighted by molar-refractivity contribution is -0.138. The van der Waals surface area contributed by atoms with E-state index in [-0.39, 0.29) is 35.3 Å². The molecule has 5 nitrogen and oxygen atoms in total. The molecule has 0 bridgehead atoms. The van der Waals surface area contributed by atoms with Gasteiger partial charge in [-0.3, -0.25) is 9.79 Å². The minimum atomic E-state index is -0.287. The van der Waals surface area contributed by atoms with Gasteiger partial charge in [0.1, 0.15) is 0 Å². The van der Waals surface area contributed by atoms with E-state index in [9.17, 15) is 4.79 Å². The third kappa shape index (κ3) is 5.87. The van der Waals surface area contributed by atoms with Gasteiger partial charge in [0, 0.05) is 34.2 Å². The zero-order valence-corrected chi connectivity index (χ0v) is 18.1. The molecule has 1 aliphatic rings.